The molecule has 76 valence electrons. The Kier molecular flexibility index (Phi) is 1.97. The number of hydrogen-bond donors (Lipinski definition) is 0. The largest absolute Gasteiger partial charge is 0.366 e. The van der Waals surface area contributed by atoms with Crippen LogP contribution in [-0.2, 0) is 0 Å². The van der Waals surface area contributed by atoms with E-state index in [1.807, 2.05) is 6.07 Å². The molecule has 2 heterocycles. The Bertz CT molecular complexity index is 537. The van der Waals surface area contributed by atoms with Gasteiger partial charge in [0.25, 0.3) is 0 Å². The molecule has 0 aliphatic carbocycles. The van der Waals surface area contributed by atoms with E-state index in [1.54, 1.807) is 12.3 Å². The quantitative estimate of drug-likeness (QED) is 0.717. The van der Waals surface area contributed by atoms with Gasteiger partial charge in [-0.2, -0.15) is 10.2 Å². The molecule has 15 heavy (non-hydrogen) atoms. The Labute approximate surface area is 96.6 Å². The van der Waals surface area contributed by atoms with Gasteiger partial charge in [0.1, 0.15) is 0 Å². The molecule has 3 nitrogen and oxygen atoms in total. The number of nitrogens with zero attached hydrogens (tertiary/aromatic N) is 3. The standard InChI is InChI=1S/C10H7Cl2N3/c11-7-3-6-9(4-8(7)12)14-13-5-10(6)15-1-2-15/h3-5H,1-2H2. The summed E-state index contributed by atoms with van der Waals surface area (Å²) in [7, 11) is 0. The predicted octanol–water partition coefficient (Wildman–Crippen LogP) is 2.76. The fraction of sp³-hybridized carbons (Fsp3) is 0.200. The van der Waals surface area contributed by atoms with Crippen LogP contribution in [0.5, 0.6) is 0 Å². The number of hydrogen-bond acceptors (Lipinski definition) is 3. The van der Waals surface area contributed by atoms with Gasteiger partial charge in [0, 0.05) is 18.5 Å². The zero-order valence-corrected chi connectivity index (χ0v) is 9.26. The first-order valence-corrected chi connectivity index (χ1v) is 5.37. The second kappa shape index (κ2) is 3.22. The van der Waals surface area contributed by atoms with Gasteiger partial charge in [-0.1, -0.05) is 23.2 Å². The number of fused-ring (bicyclic) bond motifs is 1. The minimum atomic E-state index is 0.515. The van der Waals surface area contributed by atoms with Crippen molar-refractivity contribution >= 4 is 39.8 Å². The van der Waals surface area contributed by atoms with Crippen LogP contribution < -0.4 is 4.90 Å². The normalized spacial score (nSPS) is 14.7. The third-order valence-corrected chi connectivity index (χ3v) is 3.17. The molecule has 1 aromatic carbocycles. The monoisotopic (exact) mass is 239 g/mol. The molecule has 0 amide bonds. The van der Waals surface area contributed by atoms with E-state index < -0.39 is 0 Å². The van der Waals surface area contributed by atoms with Gasteiger partial charge in [-0.25, -0.2) is 0 Å². The summed E-state index contributed by atoms with van der Waals surface area (Å²) in [5.74, 6) is 0. The SMILES string of the molecule is Clc1cc2nncc(N3CC3)c2cc1Cl. The van der Waals surface area contributed by atoms with Crippen molar-refractivity contribution in [2.24, 2.45) is 0 Å². The Morgan fingerprint density at radius 3 is 2.60 bits per heavy atom. The molecule has 0 saturated carbocycles. The highest BCUT2D eigenvalue weighted by Crippen LogP contribution is 2.33. The molecule has 0 spiro atoms. The topological polar surface area (TPSA) is 28.8 Å². The molecule has 2 aromatic rings. The fourth-order valence-corrected chi connectivity index (χ4v) is 1.90. The zero-order valence-electron chi connectivity index (χ0n) is 7.74. The van der Waals surface area contributed by atoms with E-state index in [-0.39, 0.29) is 0 Å². The highest BCUT2D eigenvalue weighted by Gasteiger charge is 2.21. The van der Waals surface area contributed by atoms with Gasteiger partial charge in [0.2, 0.25) is 0 Å². The minimum Gasteiger partial charge on any atom is -0.366 e. The van der Waals surface area contributed by atoms with Gasteiger partial charge in [0.05, 0.1) is 27.4 Å². The lowest BCUT2D eigenvalue weighted by molar-refractivity contribution is 1.07. The summed E-state index contributed by atoms with van der Waals surface area (Å²) in [5.41, 5.74) is 1.87. The summed E-state index contributed by atoms with van der Waals surface area (Å²) < 4.78 is 0. The average Bonchev–Trinajstić information content (AvgIpc) is 3.02. The molecular formula is C10H7Cl2N3. The van der Waals surface area contributed by atoms with Crippen molar-refractivity contribution in [1.29, 1.82) is 0 Å². The smallest absolute Gasteiger partial charge is 0.0966 e. The molecule has 1 aromatic heterocycles. The Hall–Kier alpha value is -1.06. The summed E-state index contributed by atoms with van der Waals surface area (Å²) in [4.78, 5) is 2.21. The van der Waals surface area contributed by atoms with Crippen LogP contribution in [-0.4, -0.2) is 23.3 Å². The molecule has 0 N–H and O–H groups in total. The average molecular weight is 240 g/mol. The molecule has 0 unspecified atom stereocenters. The van der Waals surface area contributed by atoms with E-state index in [2.05, 4.69) is 15.1 Å². The van der Waals surface area contributed by atoms with E-state index >= 15 is 0 Å². The molecule has 0 bridgehead atoms. The van der Waals surface area contributed by atoms with Gasteiger partial charge in [-0.15, -0.1) is 0 Å². The predicted molar refractivity (Wildman–Crippen MR) is 61.8 cm³/mol. The van der Waals surface area contributed by atoms with Crippen molar-refractivity contribution in [3.05, 3.63) is 28.4 Å². The van der Waals surface area contributed by atoms with E-state index in [9.17, 15) is 0 Å². The number of benzene rings is 1. The van der Waals surface area contributed by atoms with Crippen LogP contribution in [0, 0.1) is 0 Å². The molecule has 5 heteroatoms. The number of rotatable bonds is 1. The molecule has 1 aliphatic rings. The Morgan fingerprint density at radius 2 is 1.87 bits per heavy atom. The highest BCUT2D eigenvalue weighted by molar-refractivity contribution is 6.42. The molecule has 1 fully saturated rings. The van der Waals surface area contributed by atoms with Crippen LogP contribution in [0.4, 0.5) is 5.69 Å². The second-order valence-electron chi connectivity index (χ2n) is 3.50. The van der Waals surface area contributed by atoms with Gasteiger partial charge in [-0.3, -0.25) is 0 Å². The van der Waals surface area contributed by atoms with Crippen molar-refractivity contribution in [3.8, 4) is 0 Å². The van der Waals surface area contributed by atoms with Crippen molar-refractivity contribution in [2.75, 3.05) is 18.0 Å². The molecule has 1 saturated heterocycles. The first kappa shape index (κ1) is 9.19. The second-order valence-corrected chi connectivity index (χ2v) is 4.31. The summed E-state index contributed by atoms with van der Waals surface area (Å²) in [6.07, 6.45) is 1.76. The van der Waals surface area contributed by atoms with Crippen LogP contribution >= 0.6 is 23.2 Å². The van der Waals surface area contributed by atoms with Crippen LogP contribution in [0.1, 0.15) is 0 Å². The zero-order chi connectivity index (χ0) is 10.4. The molecule has 3 rings (SSSR count). The summed E-state index contributed by atoms with van der Waals surface area (Å²) >= 11 is 11.9. The van der Waals surface area contributed by atoms with Crippen LogP contribution in [0.15, 0.2) is 18.3 Å². The summed E-state index contributed by atoms with van der Waals surface area (Å²) in [6.45, 7) is 2.14. The van der Waals surface area contributed by atoms with E-state index in [0.29, 0.717) is 10.0 Å². The Morgan fingerprint density at radius 1 is 1.13 bits per heavy atom. The van der Waals surface area contributed by atoms with Gasteiger partial charge in [-0.05, 0) is 12.1 Å². The Balaban J connectivity index is 2.32. The lowest BCUT2D eigenvalue weighted by atomic mass is 10.2. The first-order chi connectivity index (χ1) is 7.25. The maximum Gasteiger partial charge on any atom is 0.0966 e. The minimum absolute atomic E-state index is 0.515. The van der Waals surface area contributed by atoms with Crippen molar-refractivity contribution in [1.82, 2.24) is 10.2 Å². The number of anilines is 1. The first-order valence-electron chi connectivity index (χ1n) is 4.61. The number of aromatic nitrogens is 2. The van der Waals surface area contributed by atoms with E-state index in [0.717, 1.165) is 29.7 Å². The maximum atomic E-state index is 5.99. The van der Waals surface area contributed by atoms with Crippen LogP contribution in [0.3, 0.4) is 0 Å². The van der Waals surface area contributed by atoms with Crippen molar-refractivity contribution < 1.29 is 0 Å². The lowest BCUT2D eigenvalue weighted by Gasteiger charge is -2.06. The number of halogens is 2. The van der Waals surface area contributed by atoms with Gasteiger partial charge < -0.3 is 4.90 Å². The molecule has 0 atom stereocenters. The van der Waals surface area contributed by atoms with Crippen LogP contribution in [0.2, 0.25) is 10.0 Å². The lowest BCUT2D eigenvalue weighted by Crippen LogP contribution is -1.95. The molecule has 0 radical (unpaired) electrons. The third-order valence-electron chi connectivity index (χ3n) is 2.45. The molecular weight excluding hydrogens is 233 g/mol. The van der Waals surface area contributed by atoms with E-state index in [1.165, 1.54) is 0 Å². The van der Waals surface area contributed by atoms with Crippen LogP contribution in [0.25, 0.3) is 10.9 Å². The summed E-state index contributed by atoms with van der Waals surface area (Å²) in [5, 5.41) is 10.1. The third kappa shape index (κ3) is 1.52. The van der Waals surface area contributed by atoms with Crippen molar-refractivity contribution in [3.63, 3.8) is 0 Å². The fourth-order valence-electron chi connectivity index (χ4n) is 1.58. The van der Waals surface area contributed by atoms with Gasteiger partial charge >= 0.3 is 0 Å². The summed E-state index contributed by atoms with van der Waals surface area (Å²) in [6, 6.07) is 3.60. The molecule has 1 aliphatic heterocycles. The van der Waals surface area contributed by atoms with Crippen molar-refractivity contribution in [2.45, 2.75) is 0 Å². The maximum absolute atomic E-state index is 5.99. The van der Waals surface area contributed by atoms with E-state index in [4.69, 9.17) is 23.2 Å². The highest BCUT2D eigenvalue weighted by atomic mass is 35.5. The van der Waals surface area contributed by atoms with Gasteiger partial charge in [0.15, 0.2) is 0 Å².